The number of likely N-dealkylation sites (tertiary alicyclic amines) is 1. The molecule has 0 amide bonds. The van der Waals surface area contributed by atoms with Crippen LogP contribution in [-0.4, -0.2) is 30.6 Å². The number of rotatable bonds is 5. The highest BCUT2D eigenvalue weighted by molar-refractivity contribution is 5.85. The van der Waals surface area contributed by atoms with Gasteiger partial charge in [-0.15, -0.1) is 12.4 Å². The van der Waals surface area contributed by atoms with Crippen LogP contribution in [0, 0.1) is 5.92 Å². The zero-order valence-corrected chi connectivity index (χ0v) is 12.7. The molecule has 0 aromatic heterocycles. The molecule has 1 aliphatic rings. The smallest absolute Gasteiger partial charge is 0.119 e. The minimum atomic E-state index is 0. The first-order valence-electron chi connectivity index (χ1n) is 6.88. The minimum absolute atomic E-state index is 0. The summed E-state index contributed by atoms with van der Waals surface area (Å²) in [5, 5.41) is 0. The number of hydrogen-bond donors (Lipinski definition) is 1. The SMILES string of the molecule is CCOc1cccc(CN2CC(CN)CC2C)c1.Cl. The van der Waals surface area contributed by atoms with Crippen molar-refractivity contribution < 1.29 is 4.74 Å². The molecule has 0 radical (unpaired) electrons. The molecule has 1 aromatic carbocycles. The van der Waals surface area contributed by atoms with E-state index in [0.717, 1.165) is 32.0 Å². The molecular weight excluding hydrogens is 260 g/mol. The van der Waals surface area contributed by atoms with Crippen molar-refractivity contribution in [2.75, 3.05) is 19.7 Å². The van der Waals surface area contributed by atoms with Crippen LogP contribution in [0.3, 0.4) is 0 Å². The molecule has 0 aliphatic carbocycles. The van der Waals surface area contributed by atoms with Gasteiger partial charge in [0.25, 0.3) is 0 Å². The maximum absolute atomic E-state index is 5.77. The first-order valence-corrected chi connectivity index (χ1v) is 6.88. The van der Waals surface area contributed by atoms with Crippen LogP contribution in [0.4, 0.5) is 0 Å². The summed E-state index contributed by atoms with van der Waals surface area (Å²) >= 11 is 0. The van der Waals surface area contributed by atoms with Gasteiger partial charge in [0.1, 0.15) is 5.75 Å². The predicted molar refractivity (Wildman–Crippen MR) is 81.9 cm³/mol. The summed E-state index contributed by atoms with van der Waals surface area (Å²) in [5.74, 6) is 1.63. The molecule has 1 saturated heterocycles. The van der Waals surface area contributed by atoms with Crippen LogP contribution in [0.2, 0.25) is 0 Å². The molecular formula is C15H25ClN2O. The molecule has 1 fully saturated rings. The van der Waals surface area contributed by atoms with Crippen LogP contribution in [0.25, 0.3) is 0 Å². The molecule has 0 bridgehead atoms. The van der Waals surface area contributed by atoms with Gasteiger partial charge in [0, 0.05) is 19.1 Å². The van der Waals surface area contributed by atoms with E-state index < -0.39 is 0 Å². The highest BCUT2D eigenvalue weighted by atomic mass is 35.5. The Morgan fingerprint density at radius 2 is 2.21 bits per heavy atom. The van der Waals surface area contributed by atoms with E-state index in [2.05, 4.69) is 30.0 Å². The van der Waals surface area contributed by atoms with Crippen LogP contribution in [0.1, 0.15) is 25.8 Å². The standard InChI is InChI=1S/C15H24N2O.ClH/c1-3-18-15-6-4-5-13(8-15)10-17-11-14(9-16)7-12(17)2;/h4-6,8,12,14H,3,7,9-11,16H2,1-2H3;1H. The fourth-order valence-electron chi connectivity index (χ4n) is 2.74. The fraction of sp³-hybridized carbons (Fsp3) is 0.600. The van der Waals surface area contributed by atoms with Crippen molar-refractivity contribution >= 4 is 12.4 Å². The van der Waals surface area contributed by atoms with Gasteiger partial charge in [0.15, 0.2) is 0 Å². The Labute approximate surface area is 122 Å². The van der Waals surface area contributed by atoms with Gasteiger partial charge in [-0.25, -0.2) is 0 Å². The average molecular weight is 285 g/mol. The maximum Gasteiger partial charge on any atom is 0.119 e. The van der Waals surface area contributed by atoms with Gasteiger partial charge in [-0.2, -0.15) is 0 Å². The Kier molecular flexibility index (Phi) is 6.63. The molecule has 1 aliphatic heterocycles. The zero-order chi connectivity index (χ0) is 13.0. The molecule has 2 atom stereocenters. The third-order valence-electron chi connectivity index (χ3n) is 3.72. The lowest BCUT2D eigenvalue weighted by Crippen LogP contribution is -2.27. The number of halogens is 1. The molecule has 0 saturated carbocycles. The van der Waals surface area contributed by atoms with Crippen molar-refractivity contribution in [3.8, 4) is 5.75 Å². The topological polar surface area (TPSA) is 38.5 Å². The van der Waals surface area contributed by atoms with Gasteiger partial charge in [-0.1, -0.05) is 12.1 Å². The number of ether oxygens (including phenoxy) is 1. The number of hydrogen-bond acceptors (Lipinski definition) is 3. The van der Waals surface area contributed by atoms with Crippen LogP contribution in [0.15, 0.2) is 24.3 Å². The molecule has 1 heterocycles. The molecule has 2 unspecified atom stereocenters. The predicted octanol–water partition coefficient (Wildman–Crippen LogP) is 2.68. The van der Waals surface area contributed by atoms with E-state index in [0.29, 0.717) is 12.0 Å². The second-order valence-electron chi connectivity index (χ2n) is 5.20. The van der Waals surface area contributed by atoms with E-state index in [9.17, 15) is 0 Å². The van der Waals surface area contributed by atoms with E-state index in [1.165, 1.54) is 12.0 Å². The lowest BCUT2D eigenvalue weighted by atomic mass is 10.1. The number of benzene rings is 1. The summed E-state index contributed by atoms with van der Waals surface area (Å²) in [7, 11) is 0. The summed E-state index contributed by atoms with van der Waals surface area (Å²) < 4.78 is 5.54. The van der Waals surface area contributed by atoms with Crippen molar-refractivity contribution in [1.82, 2.24) is 4.90 Å². The number of nitrogens with two attached hydrogens (primary N) is 1. The summed E-state index contributed by atoms with van der Waals surface area (Å²) in [4.78, 5) is 2.52. The fourth-order valence-corrected chi connectivity index (χ4v) is 2.74. The third-order valence-corrected chi connectivity index (χ3v) is 3.72. The molecule has 1 aromatic rings. The van der Waals surface area contributed by atoms with E-state index in [-0.39, 0.29) is 12.4 Å². The Bertz CT molecular complexity index is 386. The molecule has 2 N–H and O–H groups in total. The van der Waals surface area contributed by atoms with Crippen molar-refractivity contribution in [2.24, 2.45) is 11.7 Å². The maximum atomic E-state index is 5.77. The van der Waals surface area contributed by atoms with E-state index in [1.54, 1.807) is 0 Å². The van der Waals surface area contributed by atoms with E-state index >= 15 is 0 Å². The third kappa shape index (κ3) is 4.37. The first-order chi connectivity index (χ1) is 8.72. The summed E-state index contributed by atoms with van der Waals surface area (Å²) in [6.07, 6.45) is 1.22. The van der Waals surface area contributed by atoms with Gasteiger partial charge in [0.2, 0.25) is 0 Å². The lowest BCUT2D eigenvalue weighted by Gasteiger charge is -2.21. The second-order valence-corrected chi connectivity index (χ2v) is 5.20. The Balaban J connectivity index is 0.00000180. The first kappa shape index (κ1) is 16.3. The van der Waals surface area contributed by atoms with Crippen LogP contribution >= 0.6 is 12.4 Å². The van der Waals surface area contributed by atoms with Crippen LogP contribution in [-0.2, 0) is 6.54 Å². The van der Waals surface area contributed by atoms with Crippen molar-refractivity contribution in [1.29, 1.82) is 0 Å². The van der Waals surface area contributed by atoms with Gasteiger partial charge >= 0.3 is 0 Å². The van der Waals surface area contributed by atoms with Gasteiger partial charge in [0.05, 0.1) is 6.61 Å². The summed E-state index contributed by atoms with van der Waals surface area (Å²) in [6.45, 7) is 7.96. The van der Waals surface area contributed by atoms with Crippen molar-refractivity contribution in [3.05, 3.63) is 29.8 Å². The van der Waals surface area contributed by atoms with Gasteiger partial charge < -0.3 is 10.5 Å². The minimum Gasteiger partial charge on any atom is -0.494 e. The summed E-state index contributed by atoms with van der Waals surface area (Å²) in [5.41, 5.74) is 7.09. The number of nitrogens with zero attached hydrogens (tertiary/aromatic N) is 1. The molecule has 19 heavy (non-hydrogen) atoms. The quantitative estimate of drug-likeness (QED) is 0.903. The van der Waals surface area contributed by atoms with Crippen LogP contribution < -0.4 is 10.5 Å². The highest BCUT2D eigenvalue weighted by Crippen LogP contribution is 2.25. The highest BCUT2D eigenvalue weighted by Gasteiger charge is 2.27. The normalized spacial score (nSPS) is 23.1. The molecule has 4 heteroatoms. The van der Waals surface area contributed by atoms with Crippen molar-refractivity contribution in [3.63, 3.8) is 0 Å². The monoisotopic (exact) mass is 284 g/mol. The Morgan fingerprint density at radius 1 is 1.42 bits per heavy atom. The van der Waals surface area contributed by atoms with E-state index in [4.69, 9.17) is 10.5 Å². The van der Waals surface area contributed by atoms with E-state index in [1.807, 2.05) is 13.0 Å². The largest absolute Gasteiger partial charge is 0.494 e. The van der Waals surface area contributed by atoms with Gasteiger partial charge in [-0.3, -0.25) is 4.90 Å². The molecule has 108 valence electrons. The van der Waals surface area contributed by atoms with Crippen LogP contribution in [0.5, 0.6) is 5.75 Å². The van der Waals surface area contributed by atoms with Crippen molar-refractivity contribution in [2.45, 2.75) is 32.9 Å². The summed E-state index contributed by atoms with van der Waals surface area (Å²) in [6, 6.07) is 9.04. The molecule has 0 spiro atoms. The molecule has 2 rings (SSSR count). The Morgan fingerprint density at radius 3 is 2.84 bits per heavy atom. The molecule has 3 nitrogen and oxygen atoms in total. The lowest BCUT2D eigenvalue weighted by molar-refractivity contribution is 0.255. The van der Waals surface area contributed by atoms with Gasteiger partial charge in [-0.05, 0) is 50.4 Å². The Hall–Kier alpha value is -0.770. The zero-order valence-electron chi connectivity index (χ0n) is 11.8. The second kappa shape index (κ2) is 7.73. The average Bonchev–Trinajstić information content (AvgIpc) is 2.71.